The van der Waals surface area contributed by atoms with Gasteiger partial charge >= 0.3 is 0 Å². The van der Waals surface area contributed by atoms with Crippen LogP contribution < -0.4 is 14.7 Å². The van der Waals surface area contributed by atoms with E-state index in [1.165, 1.54) is 72.7 Å². The third kappa shape index (κ3) is 6.82. The Hall–Kier alpha value is -7.62. The van der Waals surface area contributed by atoms with Crippen molar-refractivity contribution >= 4 is 51.2 Å². The molecular formula is C62H53N3. The van der Waals surface area contributed by atoms with Gasteiger partial charge in [-0.15, -0.1) is 0 Å². The zero-order chi connectivity index (χ0) is 44.5. The normalized spacial score (nSPS) is 13.9. The van der Waals surface area contributed by atoms with E-state index in [9.17, 15) is 0 Å². The molecule has 9 aromatic carbocycles. The van der Waals surface area contributed by atoms with Crippen LogP contribution in [0.1, 0.15) is 61.1 Å². The number of hydrogen-bond donors (Lipinski definition) is 0. The van der Waals surface area contributed by atoms with E-state index in [0.717, 1.165) is 34.1 Å². The lowest BCUT2D eigenvalue weighted by Crippen LogP contribution is -2.38. The lowest BCUT2D eigenvalue weighted by molar-refractivity contribution is 0.597. The molecule has 0 radical (unpaired) electrons. The van der Waals surface area contributed by atoms with Gasteiger partial charge in [-0.2, -0.15) is 0 Å². The Morgan fingerprint density at radius 1 is 0.308 bits per heavy atom. The number of benzene rings is 9. The average molecular weight is 840 g/mol. The van der Waals surface area contributed by atoms with Crippen molar-refractivity contribution in [1.29, 1.82) is 0 Å². The maximum Gasteiger partial charge on any atom is 0.0545 e. The molecule has 0 aromatic heterocycles. The van der Waals surface area contributed by atoms with E-state index in [-0.39, 0.29) is 10.8 Å². The van der Waals surface area contributed by atoms with Crippen LogP contribution in [0.4, 0.5) is 51.2 Å². The van der Waals surface area contributed by atoms with E-state index in [1.54, 1.807) is 0 Å². The first kappa shape index (κ1) is 40.2. The lowest BCUT2D eigenvalue weighted by atomic mass is 9.66. The SMILES string of the molecule is Cc1ccc(N(c2ccc(-c3ccccc3)cc2)c2ccc3c(c2)C(C)(C)c2cc(N(c4ccc(C)cc4)c4ccc(-c5ccccc5)cc4)cc4c2N3c2ccccc2C4(C)C)cc1. The Labute approximate surface area is 384 Å². The molecule has 65 heavy (non-hydrogen) atoms. The topological polar surface area (TPSA) is 9.72 Å². The highest BCUT2D eigenvalue weighted by Gasteiger charge is 2.46. The van der Waals surface area contributed by atoms with Gasteiger partial charge in [-0.25, -0.2) is 0 Å². The summed E-state index contributed by atoms with van der Waals surface area (Å²) in [6.45, 7) is 14.0. The van der Waals surface area contributed by atoms with Crippen molar-refractivity contribution < 1.29 is 0 Å². The second-order valence-corrected chi connectivity index (χ2v) is 18.9. The van der Waals surface area contributed by atoms with E-state index >= 15 is 0 Å². The summed E-state index contributed by atoms with van der Waals surface area (Å²) in [6.07, 6.45) is 0. The van der Waals surface area contributed by atoms with Gasteiger partial charge in [-0.1, -0.05) is 166 Å². The number of para-hydroxylation sites is 1. The highest BCUT2D eigenvalue weighted by Crippen LogP contribution is 2.62. The highest BCUT2D eigenvalue weighted by molar-refractivity contribution is 5.96. The fraction of sp³-hybridized carbons (Fsp3) is 0.129. The van der Waals surface area contributed by atoms with Crippen molar-refractivity contribution in [3.05, 3.63) is 246 Å². The Kier molecular flexibility index (Phi) is 9.62. The van der Waals surface area contributed by atoms with Gasteiger partial charge in [0, 0.05) is 45.0 Å². The van der Waals surface area contributed by atoms with Crippen LogP contribution in [0.15, 0.2) is 212 Å². The van der Waals surface area contributed by atoms with Crippen molar-refractivity contribution in [1.82, 2.24) is 0 Å². The van der Waals surface area contributed by atoms with Gasteiger partial charge in [0.05, 0.1) is 17.1 Å². The Morgan fingerprint density at radius 2 is 0.662 bits per heavy atom. The molecule has 0 bridgehead atoms. The molecule has 11 rings (SSSR count). The molecule has 0 unspecified atom stereocenters. The maximum atomic E-state index is 2.56. The van der Waals surface area contributed by atoms with Crippen LogP contribution in [0.25, 0.3) is 22.3 Å². The number of anilines is 9. The summed E-state index contributed by atoms with van der Waals surface area (Å²) >= 11 is 0. The van der Waals surface area contributed by atoms with Crippen LogP contribution in [0, 0.1) is 13.8 Å². The summed E-state index contributed by atoms with van der Waals surface area (Å²) in [5.74, 6) is 0. The van der Waals surface area contributed by atoms with Gasteiger partial charge in [0.15, 0.2) is 0 Å². The minimum Gasteiger partial charge on any atom is -0.310 e. The summed E-state index contributed by atoms with van der Waals surface area (Å²) in [7, 11) is 0. The van der Waals surface area contributed by atoms with E-state index in [2.05, 4.69) is 269 Å². The van der Waals surface area contributed by atoms with Gasteiger partial charge in [0.2, 0.25) is 0 Å². The van der Waals surface area contributed by atoms with E-state index in [0.29, 0.717) is 0 Å². The molecule has 0 atom stereocenters. The minimum atomic E-state index is -0.378. The van der Waals surface area contributed by atoms with Crippen molar-refractivity contribution in [3.63, 3.8) is 0 Å². The molecule has 3 heteroatoms. The number of rotatable bonds is 8. The quantitative estimate of drug-likeness (QED) is 0.151. The molecule has 0 amide bonds. The highest BCUT2D eigenvalue weighted by atomic mass is 15.2. The monoisotopic (exact) mass is 839 g/mol. The number of nitrogens with zero attached hydrogens (tertiary/aromatic N) is 3. The van der Waals surface area contributed by atoms with Gasteiger partial charge in [0.1, 0.15) is 0 Å². The predicted octanol–water partition coefficient (Wildman–Crippen LogP) is 17.3. The van der Waals surface area contributed by atoms with Crippen LogP contribution in [0.5, 0.6) is 0 Å². The molecule has 0 fully saturated rings. The Balaban J connectivity index is 1.11. The van der Waals surface area contributed by atoms with E-state index in [1.807, 2.05) is 0 Å². The van der Waals surface area contributed by atoms with Gasteiger partial charge in [-0.3, -0.25) is 0 Å². The Bertz CT molecular complexity index is 3180. The first-order chi connectivity index (χ1) is 31.6. The largest absolute Gasteiger partial charge is 0.310 e. The summed E-state index contributed by atoms with van der Waals surface area (Å²) in [6, 6.07) is 78.4. The Morgan fingerprint density at radius 3 is 1.15 bits per heavy atom. The summed E-state index contributed by atoms with van der Waals surface area (Å²) in [5, 5.41) is 0. The second kappa shape index (κ2) is 15.6. The first-order valence-electron chi connectivity index (χ1n) is 22.8. The van der Waals surface area contributed by atoms with Crippen LogP contribution in [-0.4, -0.2) is 0 Å². The molecule has 0 spiro atoms. The van der Waals surface area contributed by atoms with Crippen LogP contribution >= 0.6 is 0 Å². The maximum absolute atomic E-state index is 2.56. The molecule has 2 aliphatic rings. The fourth-order valence-corrected chi connectivity index (χ4v) is 10.3. The molecule has 3 nitrogen and oxygen atoms in total. The average Bonchev–Trinajstić information content (AvgIpc) is 3.34. The van der Waals surface area contributed by atoms with Crippen molar-refractivity contribution in [2.45, 2.75) is 52.4 Å². The molecule has 0 saturated carbocycles. The molecular weight excluding hydrogens is 787 g/mol. The zero-order valence-electron chi connectivity index (χ0n) is 38.0. The van der Waals surface area contributed by atoms with Crippen LogP contribution in [0.2, 0.25) is 0 Å². The zero-order valence-corrected chi connectivity index (χ0v) is 38.0. The van der Waals surface area contributed by atoms with E-state index in [4.69, 9.17) is 0 Å². The molecule has 2 heterocycles. The van der Waals surface area contributed by atoms with Gasteiger partial charge < -0.3 is 14.7 Å². The minimum absolute atomic E-state index is 0.273. The summed E-state index contributed by atoms with van der Waals surface area (Å²) in [4.78, 5) is 7.43. The van der Waals surface area contributed by atoms with Crippen LogP contribution in [-0.2, 0) is 10.8 Å². The predicted molar refractivity (Wildman–Crippen MR) is 275 cm³/mol. The second-order valence-electron chi connectivity index (χ2n) is 18.9. The van der Waals surface area contributed by atoms with E-state index < -0.39 is 0 Å². The standard InChI is InChI=1S/C62H53N3/c1-42-21-29-48(30-22-42)63(50-33-25-46(26-34-50)44-15-9-7-10-16-44)52-37-38-59-55(39-52)62(5,6)57-41-53(40-56-60(57)65(59)58-20-14-13-19-54(58)61(56,3)4)64(49-31-23-43(2)24-32-49)51-35-27-47(28-36-51)45-17-11-8-12-18-45/h7-41H,1-6H3. The molecule has 0 N–H and O–H groups in total. The van der Waals surface area contributed by atoms with Crippen LogP contribution in [0.3, 0.4) is 0 Å². The number of fused-ring (bicyclic) bond motifs is 4. The summed E-state index contributed by atoms with van der Waals surface area (Å²) in [5.41, 5.74) is 22.4. The van der Waals surface area contributed by atoms with Crippen molar-refractivity contribution in [2.75, 3.05) is 14.7 Å². The summed E-state index contributed by atoms with van der Waals surface area (Å²) < 4.78 is 0. The first-order valence-corrected chi connectivity index (χ1v) is 22.8. The third-order valence-corrected chi connectivity index (χ3v) is 13.9. The number of aryl methyl sites for hydroxylation is 2. The smallest absolute Gasteiger partial charge is 0.0545 e. The molecule has 316 valence electrons. The number of hydrogen-bond acceptors (Lipinski definition) is 3. The van der Waals surface area contributed by atoms with Crippen molar-refractivity contribution in [3.8, 4) is 22.3 Å². The molecule has 9 aromatic rings. The van der Waals surface area contributed by atoms with Gasteiger partial charge in [-0.05, 0) is 143 Å². The molecule has 0 aliphatic carbocycles. The van der Waals surface area contributed by atoms with Gasteiger partial charge in [0.25, 0.3) is 0 Å². The lowest BCUT2D eigenvalue weighted by Gasteiger charge is -2.50. The molecule has 2 aliphatic heterocycles. The molecule has 0 saturated heterocycles. The fourth-order valence-electron chi connectivity index (χ4n) is 10.3. The van der Waals surface area contributed by atoms with Crippen molar-refractivity contribution in [2.24, 2.45) is 0 Å². The third-order valence-electron chi connectivity index (χ3n) is 13.9.